The Morgan fingerprint density at radius 1 is 1.00 bits per heavy atom. The molecule has 0 amide bonds. The maximum absolute atomic E-state index is 13.2. The molecule has 0 bridgehead atoms. The summed E-state index contributed by atoms with van der Waals surface area (Å²) >= 11 is 1.40. The van der Waals surface area contributed by atoms with Crippen LogP contribution in [-0.2, 0) is 0 Å². The molecule has 5 rings (SSSR count). The summed E-state index contributed by atoms with van der Waals surface area (Å²) in [5.74, 6) is 0.101. The Bertz CT molecular complexity index is 1240. The third-order valence-corrected chi connectivity index (χ3v) is 6.23. The van der Waals surface area contributed by atoms with Gasteiger partial charge in [-0.1, -0.05) is 23.5 Å². The molecular weight excluding hydrogens is 433 g/mol. The van der Waals surface area contributed by atoms with E-state index in [4.69, 9.17) is 0 Å². The summed E-state index contributed by atoms with van der Waals surface area (Å²) in [5, 5.41) is 15.5. The Kier molecular flexibility index (Phi) is 5.23. The van der Waals surface area contributed by atoms with Crippen molar-refractivity contribution in [2.45, 2.75) is 0 Å². The first-order valence-corrected chi connectivity index (χ1v) is 10.8. The summed E-state index contributed by atoms with van der Waals surface area (Å²) in [6.07, 6.45) is 1.32. The van der Waals surface area contributed by atoms with Crippen LogP contribution in [0.5, 0.6) is 0 Å². The van der Waals surface area contributed by atoms with Crippen LogP contribution >= 0.6 is 11.3 Å². The predicted octanol–water partition coefficient (Wildman–Crippen LogP) is 4.20. The number of aromatic nitrogens is 3. The quantitative estimate of drug-likeness (QED) is 0.356. The molecule has 4 aromatic rings. The van der Waals surface area contributed by atoms with Gasteiger partial charge in [0, 0.05) is 31.9 Å². The lowest BCUT2D eigenvalue weighted by Crippen LogP contribution is -2.47. The van der Waals surface area contributed by atoms with Gasteiger partial charge in [0.15, 0.2) is 5.13 Å². The van der Waals surface area contributed by atoms with E-state index < -0.39 is 4.92 Å². The zero-order chi connectivity index (χ0) is 22.1. The number of hydrogen-bond acceptors (Lipinski definition) is 9. The van der Waals surface area contributed by atoms with Gasteiger partial charge in [0.2, 0.25) is 11.6 Å². The molecule has 1 N–H and O–H groups in total. The van der Waals surface area contributed by atoms with E-state index in [9.17, 15) is 14.5 Å². The van der Waals surface area contributed by atoms with Crippen LogP contribution in [0.3, 0.4) is 0 Å². The molecule has 1 aliphatic heterocycles. The van der Waals surface area contributed by atoms with Gasteiger partial charge in [0.25, 0.3) is 0 Å². The van der Waals surface area contributed by atoms with E-state index >= 15 is 0 Å². The molecule has 2 aromatic heterocycles. The maximum Gasteiger partial charge on any atom is 0.353 e. The lowest BCUT2D eigenvalue weighted by atomic mass is 10.2. The van der Waals surface area contributed by atoms with Gasteiger partial charge in [-0.05, 0) is 36.4 Å². The summed E-state index contributed by atoms with van der Waals surface area (Å²) in [6, 6.07) is 14.0. The third kappa shape index (κ3) is 3.89. The van der Waals surface area contributed by atoms with Crippen molar-refractivity contribution in [3.63, 3.8) is 0 Å². The molecule has 0 atom stereocenters. The van der Waals surface area contributed by atoms with E-state index in [1.165, 1.54) is 29.8 Å². The average Bonchev–Trinajstić information content (AvgIpc) is 3.22. The number of rotatable bonds is 5. The molecule has 0 saturated carbocycles. The summed E-state index contributed by atoms with van der Waals surface area (Å²) in [4.78, 5) is 28.3. The molecule has 32 heavy (non-hydrogen) atoms. The Hall–Kier alpha value is -3.86. The number of piperazine rings is 1. The molecule has 11 heteroatoms. The second kappa shape index (κ2) is 8.35. The van der Waals surface area contributed by atoms with Crippen molar-refractivity contribution in [3.8, 4) is 0 Å². The number of halogens is 1. The van der Waals surface area contributed by atoms with E-state index in [0.717, 1.165) is 15.9 Å². The van der Waals surface area contributed by atoms with Gasteiger partial charge >= 0.3 is 5.69 Å². The standard InChI is InChI=1S/C21H18FN7O2S/c22-14-5-7-15(8-6-14)27-9-11-28(12-10-27)20-18(29(30)31)19(23-13-24-20)26-21-25-16-3-1-2-4-17(16)32-21/h1-8,13H,9-12H2,(H,23,24,25,26). The van der Waals surface area contributed by atoms with E-state index in [1.54, 1.807) is 12.1 Å². The van der Waals surface area contributed by atoms with E-state index in [1.807, 2.05) is 29.2 Å². The monoisotopic (exact) mass is 451 g/mol. The summed E-state index contributed by atoms with van der Waals surface area (Å²) in [6.45, 7) is 2.34. The zero-order valence-electron chi connectivity index (χ0n) is 16.8. The van der Waals surface area contributed by atoms with Crippen molar-refractivity contribution in [3.05, 3.63) is 70.8 Å². The first kappa shape index (κ1) is 20.1. The summed E-state index contributed by atoms with van der Waals surface area (Å²) in [7, 11) is 0. The van der Waals surface area contributed by atoms with Crippen molar-refractivity contribution in [1.29, 1.82) is 0 Å². The highest BCUT2D eigenvalue weighted by atomic mass is 32.1. The molecule has 162 valence electrons. The largest absolute Gasteiger partial charge is 0.368 e. The fraction of sp³-hybridized carbons (Fsp3) is 0.190. The molecule has 0 unspecified atom stereocenters. The SMILES string of the molecule is O=[N+]([O-])c1c(Nc2nc3ccccc3s2)ncnc1N1CCN(c2ccc(F)cc2)CC1. The van der Waals surface area contributed by atoms with Crippen LogP contribution < -0.4 is 15.1 Å². The van der Waals surface area contributed by atoms with Crippen LogP contribution in [0.15, 0.2) is 54.9 Å². The number of nitro groups is 1. The van der Waals surface area contributed by atoms with Gasteiger partial charge in [-0.3, -0.25) is 10.1 Å². The van der Waals surface area contributed by atoms with Gasteiger partial charge in [-0.15, -0.1) is 0 Å². The minimum atomic E-state index is -0.461. The van der Waals surface area contributed by atoms with Crippen molar-refractivity contribution < 1.29 is 9.31 Å². The van der Waals surface area contributed by atoms with Gasteiger partial charge in [0.1, 0.15) is 12.1 Å². The summed E-state index contributed by atoms with van der Waals surface area (Å²) in [5.41, 5.74) is 1.55. The van der Waals surface area contributed by atoms with Gasteiger partial charge < -0.3 is 15.1 Å². The Balaban J connectivity index is 1.38. The number of benzene rings is 2. The average molecular weight is 451 g/mol. The molecule has 1 fully saturated rings. The molecule has 2 aromatic carbocycles. The predicted molar refractivity (Wildman–Crippen MR) is 122 cm³/mol. The molecule has 0 spiro atoms. The number of hydrogen-bond donors (Lipinski definition) is 1. The van der Waals surface area contributed by atoms with Crippen molar-refractivity contribution in [2.24, 2.45) is 0 Å². The molecular formula is C21H18FN7O2S. The van der Waals surface area contributed by atoms with Crippen LogP contribution in [0, 0.1) is 15.9 Å². The molecule has 3 heterocycles. The lowest BCUT2D eigenvalue weighted by Gasteiger charge is -2.36. The fourth-order valence-corrected chi connectivity index (χ4v) is 4.58. The smallest absolute Gasteiger partial charge is 0.353 e. The number of fused-ring (bicyclic) bond motifs is 1. The molecule has 0 radical (unpaired) electrons. The second-order valence-corrected chi connectivity index (χ2v) is 8.24. The van der Waals surface area contributed by atoms with E-state index in [2.05, 4.69) is 25.2 Å². The van der Waals surface area contributed by atoms with Crippen molar-refractivity contribution in [2.75, 3.05) is 41.3 Å². The van der Waals surface area contributed by atoms with E-state index in [-0.39, 0.29) is 23.1 Å². The Labute approximate surface area is 186 Å². The van der Waals surface area contributed by atoms with Gasteiger partial charge in [0.05, 0.1) is 15.1 Å². The number of anilines is 4. The lowest BCUT2D eigenvalue weighted by molar-refractivity contribution is -0.383. The van der Waals surface area contributed by atoms with Crippen LogP contribution in [0.25, 0.3) is 10.2 Å². The first-order valence-electron chi connectivity index (χ1n) is 9.96. The van der Waals surface area contributed by atoms with Crippen LogP contribution in [0.2, 0.25) is 0 Å². The molecule has 0 aliphatic carbocycles. The number of nitrogens with zero attached hydrogens (tertiary/aromatic N) is 6. The van der Waals surface area contributed by atoms with Gasteiger partial charge in [-0.25, -0.2) is 19.3 Å². The Morgan fingerprint density at radius 3 is 2.44 bits per heavy atom. The minimum absolute atomic E-state index is 0.111. The maximum atomic E-state index is 13.2. The third-order valence-electron chi connectivity index (χ3n) is 5.28. The summed E-state index contributed by atoms with van der Waals surface area (Å²) < 4.78 is 14.2. The Morgan fingerprint density at radius 2 is 1.72 bits per heavy atom. The molecule has 1 aliphatic rings. The normalized spacial score (nSPS) is 14.0. The minimum Gasteiger partial charge on any atom is -0.368 e. The highest BCUT2D eigenvalue weighted by Gasteiger charge is 2.30. The van der Waals surface area contributed by atoms with Gasteiger partial charge in [-0.2, -0.15) is 0 Å². The number of para-hydroxylation sites is 1. The number of thiazole rings is 1. The number of nitrogens with one attached hydrogen (secondary N) is 1. The zero-order valence-corrected chi connectivity index (χ0v) is 17.6. The van der Waals surface area contributed by atoms with Crippen molar-refractivity contribution in [1.82, 2.24) is 15.0 Å². The molecule has 1 saturated heterocycles. The first-order chi connectivity index (χ1) is 15.6. The topological polar surface area (TPSA) is 100 Å². The fourth-order valence-electron chi connectivity index (χ4n) is 3.72. The highest BCUT2D eigenvalue weighted by Crippen LogP contribution is 2.36. The van der Waals surface area contributed by atoms with E-state index in [0.29, 0.717) is 31.3 Å². The van der Waals surface area contributed by atoms with Crippen LogP contribution in [0.4, 0.5) is 32.5 Å². The van der Waals surface area contributed by atoms with Crippen LogP contribution in [-0.4, -0.2) is 46.1 Å². The van der Waals surface area contributed by atoms with Crippen LogP contribution in [0.1, 0.15) is 0 Å². The highest BCUT2D eigenvalue weighted by molar-refractivity contribution is 7.22. The second-order valence-electron chi connectivity index (χ2n) is 7.21. The van der Waals surface area contributed by atoms with Crippen molar-refractivity contribution >= 4 is 49.7 Å². The molecule has 9 nitrogen and oxygen atoms in total.